The number of amides is 3. The molecule has 0 saturated carbocycles. The van der Waals surface area contributed by atoms with Gasteiger partial charge in [0.25, 0.3) is 11.8 Å². The number of carbonyl (C=O) groups excluding carboxylic acids is 3. The van der Waals surface area contributed by atoms with Crippen molar-refractivity contribution in [3.05, 3.63) is 42.0 Å². The van der Waals surface area contributed by atoms with Gasteiger partial charge in [0.15, 0.2) is 11.5 Å². The van der Waals surface area contributed by atoms with E-state index in [1.807, 2.05) is 0 Å². The van der Waals surface area contributed by atoms with Crippen molar-refractivity contribution in [3.8, 4) is 17.2 Å². The number of fused-ring (bicyclic) bond motifs is 3. The number of para-hydroxylation sites is 1. The molecule has 156 valence electrons. The van der Waals surface area contributed by atoms with Crippen molar-refractivity contribution >= 4 is 29.1 Å². The van der Waals surface area contributed by atoms with E-state index in [4.69, 9.17) is 14.2 Å². The van der Waals surface area contributed by atoms with Gasteiger partial charge in [-0.05, 0) is 12.1 Å². The van der Waals surface area contributed by atoms with Crippen LogP contribution in [0.4, 0.5) is 11.4 Å². The number of carbonyl (C=O) groups is 3. The molecule has 30 heavy (non-hydrogen) atoms. The van der Waals surface area contributed by atoms with Gasteiger partial charge in [0, 0.05) is 30.7 Å². The Kier molecular flexibility index (Phi) is 4.73. The van der Waals surface area contributed by atoms with Crippen molar-refractivity contribution in [2.45, 2.75) is 18.5 Å². The van der Waals surface area contributed by atoms with Crippen LogP contribution in [0.5, 0.6) is 17.2 Å². The summed E-state index contributed by atoms with van der Waals surface area (Å²) in [6, 6.07) is 9.88. The lowest BCUT2D eigenvalue weighted by atomic mass is 9.98. The van der Waals surface area contributed by atoms with Crippen LogP contribution in [-0.2, 0) is 9.59 Å². The lowest BCUT2D eigenvalue weighted by Crippen LogP contribution is -2.68. The average Bonchev–Trinajstić information content (AvgIpc) is 3.10. The molecule has 2 aliphatic rings. The molecular formula is C21H21N3O6. The fourth-order valence-corrected chi connectivity index (χ4v) is 3.96. The summed E-state index contributed by atoms with van der Waals surface area (Å²) in [5.41, 5.74) is -0.368. The Bertz CT molecular complexity index is 1030. The molecule has 1 atom stereocenters. The Morgan fingerprint density at radius 2 is 1.73 bits per heavy atom. The summed E-state index contributed by atoms with van der Waals surface area (Å²) in [5, 5.41) is 5.53. The van der Waals surface area contributed by atoms with E-state index in [1.165, 1.54) is 26.2 Å². The Balaban J connectivity index is 1.73. The third kappa shape index (κ3) is 2.81. The molecule has 2 aliphatic heterocycles. The minimum absolute atomic E-state index is 0.136. The highest BCUT2D eigenvalue weighted by Crippen LogP contribution is 2.42. The molecule has 9 nitrogen and oxygen atoms in total. The van der Waals surface area contributed by atoms with E-state index in [9.17, 15) is 14.4 Å². The summed E-state index contributed by atoms with van der Waals surface area (Å²) in [7, 11) is 4.42. The maximum absolute atomic E-state index is 13.4. The topological polar surface area (TPSA) is 106 Å². The first-order valence-electron chi connectivity index (χ1n) is 9.31. The second-order valence-electron chi connectivity index (χ2n) is 6.93. The number of nitrogens with one attached hydrogen (secondary N) is 2. The van der Waals surface area contributed by atoms with Crippen LogP contribution in [-0.4, -0.2) is 44.7 Å². The van der Waals surface area contributed by atoms with Crippen molar-refractivity contribution < 1.29 is 28.6 Å². The zero-order chi connectivity index (χ0) is 21.5. The maximum Gasteiger partial charge on any atom is 0.271 e. The van der Waals surface area contributed by atoms with Crippen LogP contribution >= 0.6 is 0 Å². The van der Waals surface area contributed by atoms with Crippen molar-refractivity contribution in [3.63, 3.8) is 0 Å². The third-order valence-electron chi connectivity index (χ3n) is 5.34. The molecular weight excluding hydrogens is 390 g/mol. The highest BCUT2D eigenvalue weighted by atomic mass is 16.5. The van der Waals surface area contributed by atoms with Crippen LogP contribution in [0.25, 0.3) is 0 Å². The molecule has 0 unspecified atom stereocenters. The van der Waals surface area contributed by atoms with Crippen molar-refractivity contribution in [1.82, 2.24) is 5.32 Å². The second-order valence-corrected chi connectivity index (χ2v) is 6.93. The first kappa shape index (κ1) is 19.6. The summed E-state index contributed by atoms with van der Waals surface area (Å²) < 4.78 is 15.9. The zero-order valence-corrected chi connectivity index (χ0v) is 16.8. The molecule has 0 radical (unpaired) electrons. The van der Waals surface area contributed by atoms with Gasteiger partial charge >= 0.3 is 0 Å². The highest BCUT2D eigenvalue weighted by molar-refractivity contribution is 6.18. The van der Waals surface area contributed by atoms with Gasteiger partial charge in [0.05, 0.1) is 32.6 Å². The van der Waals surface area contributed by atoms with Crippen LogP contribution in [0, 0.1) is 0 Å². The standard InChI is InChI=1S/C21H21N3O6/c1-28-15-10-12(11-16(29-2)18(15)30-3)22-20(27)21-9-8-17(25)24(21)14-7-5-4-6-13(14)19(26)23-21/h4-7,10-11H,8-9H2,1-3H3,(H,22,27)(H,23,26)/t21-/m1/s1. The largest absolute Gasteiger partial charge is 0.493 e. The lowest BCUT2D eigenvalue weighted by molar-refractivity contribution is -0.124. The van der Waals surface area contributed by atoms with E-state index >= 15 is 0 Å². The fraction of sp³-hybridized carbons (Fsp3) is 0.286. The van der Waals surface area contributed by atoms with Crippen molar-refractivity contribution in [1.29, 1.82) is 0 Å². The predicted molar refractivity (Wildman–Crippen MR) is 108 cm³/mol. The van der Waals surface area contributed by atoms with Crippen molar-refractivity contribution in [2.75, 3.05) is 31.5 Å². The van der Waals surface area contributed by atoms with Crippen LogP contribution in [0.1, 0.15) is 23.2 Å². The van der Waals surface area contributed by atoms with Gasteiger partial charge in [-0.2, -0.15) is 0 Å². The van der Waals surface area contributed by atoms with E-state index in [1.54, 1.807) is 36.4 Å². The molecule has 1 saturated heterocycles. The number of methoxy groups -OCH3 is 3. The smallest absolute Gasteiger partial charge is 0.271 e. The number of benzene rings is 2. The first-order chi connectivity index (χ1) is 14.4. The highest BCUT2D eigenvalue weighted by Gasteiger charge is 2.56. The second kappa shape index (κ2) is 7.25. The molecule has 2 aromatic carbocycles. The number of rotatable bonds is 5. The monoisotopic (exact) mass is 411 g/mol. The molecule has 4 rings (SSSR count). The molecule has 2 aromatic rings. The summed E-state index contributed by atoms with van der Waals surface area (Å²) in [5.74, 6) is -0.0673. The normalized spacial score (nSPS) is 19.5. The quantitative estimate of drug-likeness (QED) is 0.779. The molecule has 9 heteroatoms. The minimum Gasteiger partial charge on any atom is -0.493 e. The zero-order valence-electron chi connectivity index (χ0n) is 16.8. The fourth-order valence-electron chi connectivity index (χ4n) is 3.96. The van der Waals surface area contributed by atoms with E-state index in [-0.39, 0.29) is 18.7 Å². The maximum atomic E-state index is 13.4. The first-order valence-corrected chi connectivity index (χ1v) is 9.31. The molecule has 2 N–H and O–H groups in total. The van der Waals surface area contributed by atoms with Gasteiger partial charge in [0.2, 0.25) is 17.3 Å². The van der Waals surface area contributed by atoms with E-state index in [0.717, 1.165) is 0 Å². The third-order valence-corrected chi connectivity index (χ3v) is 5.34. The number of ether oxygens (including phenoxy) is 3. The number of anilines is 2. The molecule has 3 amide bonds. The SMILES string of the molecule is COc1cc(NC(=O)[C@@]23CCC(=O)N2c2ccccc2C(=O)N3)cc(OC)c1OC. The molecule has 2 heterocycles. The predicted octanol–water partition coefficient (Wildman–Crippen LogP) is 1.92. The number of nitrogens with zero attached hydrogens (tertiary/aromatic N) is 1. The summed E-state index contributed by atoms with van der Waals surface area (Å²) in [6.45, 7) is 0. The number of hydrogen-bond donors (Lipinski definition) is 2. The Morgan fingerprint density at radius 3 is 2.37 bits per heavy atom. The van der Waals surface area contributed by atoms with Gasteiger partial charge in [-0.25, -0.2) is 0 Å². The van der Waals surface area contributed by atoms with Crippen molar-refractivity contribution in [2.24, 2.45) is 0 Å². The van der Waals surface area contributed by atoms with Gasteiger partial charge in [-0.1, -0.05) is 12.1 Å². The van der Waals surface area contributed by atoms with Crippen LogP contribution in [0.3, 0.4) is 0 Å². The van der Waals surface area contributed by atoms with Crippen LogP contribution in [0.15, 0.2) is 36.4 Å². The molecule has 0 bridgehead atoms. The Labute approximate surface area is 172 Å². The number of hydrogen-bond acceptors (Lipinski definition) is 6. The molecule has 1 fully saturated rings. The molecule has 0 spiro atoms. The van der Waals surface area contributed by atoms with E-state index < -0.39 is 17.5 Å². The summed E-state index contributed by atoms with van der Waals surface area (Å²) in [6.07, 6.45) is 0.291. The van der Waals surface area contributed by atoms with Gasteiger partial charge < -0.3 is 24.8 Å². The van der Waals surface area contributed by atoms with Crippen LogP contribution < -0.4 is 29.7 Å². The minimum atomic E-state index is -1.51. The molecule has 0 aromatic heterocycles. The van der Waals surface area contributed by atoms with Gasteiger partial charge in [-0.15, -0.1) is 0 Å². The summed E-state index contributed by atoms with van der Waals surface area (Å²) >= 11 is 0. The molecule has 0 aliphatic carbocycles. The van der Waals surface area contributed by atoms with Gasteiger partial charge in [-0.3, -0.25) is 19.3 Å². The lowest BCUT2D eigenvalue weighted by Gasteiger charge is -2.41. The van der Waals surface area contributed by atoms with Gasteiger partial charge in [0.1, 0.15) is 0 Å². The Morgan fingerprint density at radius 1 is 1.07 bits per heavy atom. The van der Waals surface area contributed by atoms with E-state index in [0.29, 0.717) is 34.2 Å². The average molecular weight is 411 g/mol. The Hall–Kier alpha value is -3.75. The summed E-state index contributed by atoms with van der Waals surface area (Å²) in [4.78, 5) is 40.1. The van der Waals surface area contributed by atoms with Crippen LogP contribution in [0.2, 0.25) is 0 Å². The van der Waals surface area contributed by atoms with E-state index in [2.05, 4.69) is 10.6 Å².